The molecule has 0 unspecified atom stereocenters. The van der Waals surface area contributed by atoms with E-state index in [9.17, 15) is 9.59 Å². The van der Waals surface area contributed by atoms with Crippen LogP contribution >= 0.6 is 0 Å². The van der Waals surface area contributed by atoms with E-state index < -0.39 is 17.0 Å². The molecule has 5 nitrogen and oxygen atoms in total. The Kier molecular flexibility index (Phi) is 3.53. The van der Waals surface area contributed by atoms with Crippen LogP contribution < -0.4 is 10.4 Å². The largest absolute Gasteiger partial charge is 0.492 e. The van der Waals surface area contributed by atoms with Crippen molar-refractivity contribution in [1.29, 1.82) is 0 Å². The van der Waals surface area contributed by atoms with Crippen molar-refractivity contribution >= 4 is 16.9 Å². The number of hydrogen-bond donors (Lipinski definition) is 1. The Bertz CT molecular complexity index is 712. The molecule has 20 heavy (non-hydrogen) atoms. The highest BCUT2D eigenvalue weighted by atomic mass is 16.5. The molecule has 0 amide bonds. The first-order chi connectivity index (χ1) is 9.29. The molecule has 0 bridgehead atoms. The summed E-state index contributed by atoms with van der Waals surface area (Å²) in [6, 6.07) is 6.54. The van der Waals surface area contributed by atoms with E-state index in [0.29, 0.717) is 11.3 Å². The van der Waals surface area contributed by atoms with Crippen LogP contribution in [-0.2, 0) is 4.79 Å². The molecular weight excluding hydrogens is 260 g/mol. The fourth-order valence-electron chi connectivity index (χ4n) is 1.72. The van der Waals surface area contributed by atoms with Gasteiger partial charge in [0.1, 0.15) is 17.9 Å². The highest BCUT2D eigenvalue weighted by Gasteiger charge is 2.28. The molecule has 5 heteroatoms. The van der Waals surface area contributed by atoms with Gasteiger partial charge < -0.3 is 14.3 Å². The predicted molar refractivity (Wildman–Crippen MR) is 74.1 cm³/mol. The van der Waals surface area contributed by atoms with Crippen molar-refractivity contribution in [3.63, 3.8) is 0 Å². The molecule has 0 aliphatic rings. The van der Waals surface area contributed by atoms with Gasteiger partial charge in [-0.3, -0.25) is 4.79 Å². The lowest BCUT2D eigenvalue weighted by Gasteiger charge is -2.19. The molecule has 1 aromatic carbocycles. The van der Waals surface area contributed by atoms with Gasteiger partial charge in [0.25, 0.3) is 0 Å². The normalized spacial score (nSPS) is 11.6. The third kappa shape index (κ3) is 2.82. The van der Waals surface area contributed by atoms with Gasteiger partial charge in [0.05, 0.1) is 5.41 Å². The van der Waals surface area contributed by atoms with E-state index in [1.165, 1.54) is 6.07 Å². The number of benzene rings is 1. The van der Waals surface area contributed by atoms with Crippen LogP contribution in [0.5, 0.6) is 5.75 Å². The van der Waals surface area contributed by atoms with Crippen molar-refractivity contribution in [1.82, 2.24) is 0 Å². The van der Waals surface area contributed by atoms with Crippen molar-refractivity contribution in [3.8, 4) is 5.75 Å². The minimum Gasteiger partial charge on any atom is -0.492 e. The van der Waals surface area contributed by atoms with Gasteiger partial charge >= 0.3 is 11.6 Å². The molecule has 1 N–H and O–H groups in total. The zero-order valence-corrected chi connectivity index (χ0v) is 11.6. The van der Waals surface area contributed by atoms with Crippen LogP contribution in [0.1, 0.15) is 19.4 Å². The van der Waals surface area contributed by atoms with Gasteiger partial charge in [-0.15, -0.1) is 0 Å². The molecule has 0 aliphatic heterocycles. The number of carboxylic acids is 1. The minimum absolute atomic E-state index is 0.0316. The number of carboxylic acid groups (broad SMARTS) is 1. The van der Waals surface area contributed by atoms with Gasteiger partial charge in [-0.1, -0.05) is 0 Å². The third-order valence-electron chi connectivity index (χ3n) is 3.10. The van der Waals surface area contributed by atoms with Crippen LogP contribution in [0.4, 0.5) is 0 Å². The fraction of sp³-hybridized carbons (Fsp3) is 0.333. The van der Waals surface area contributed by atoms with Crippen molar-refractivity contribution in [2.24, 2.45) is 5.41 Å². The lowest BCUT2D eigenvalue weighted by molar-refractivity contribution is -0.148. The van der Waals surface area contributed by atoms with Gasteiger partial charge in [-0.2, -0.15) is 0 Å². The highest BCUT2D eigenvalue weighted by Crippen LogP contribution is 2.24. The Balaban J connectivity index is 2.29. The topological polar surface area (TPSA) is 76.7 Å². The Hall–Kier alpha value is -2.30. The Morgan fingerprint density at radius 2 is 2.05 bits per heavy atom. The Labute approximate surface area is 115 Å². The van der Waals surface area contributed by atoms with E-state index >= 15 is 0 Å². The summed E-state index contributed by atoms with van der Waals surface area (Å²) in [4.78, 5) is 22.3. The second kappa shape index (κ2) is 5.00. The zero-order chi connectivity index (χ0) is 14.9. The summed E-state index contributed by atoms with van der Waals surface area (Å²) in [5, 5.41) is 9.85. The molecule has 0 spiro atoms. The first-order valence-electron chi connectivity index (χ1n) is 6.20. The minimum atomic E-state index is -0.984. The fourth-order valence-corrected chi connectivity index (χ4v) is 1.72. The SMILES string of the molecule is Cc1cc(=O)oc2cc(OCC(C)(C)C(=O)O)ccc12. The number of aryl methyl sites for hydroxylation is 1. The van der Waals surface area contributed by atoms with E-state index in [0.717, 1.165) is 10.9 Å². The summed E-state index contributed by atoms with van der Waals surface area (Å²) in [6.45, 7) is 5.03. The van der Waals surface area contributed by atoms with Gasteiger partial charge in [0, 0.05) is 17.5 Å². The van der Waals surface area contributed by atoms with Crippen molar-refractivity contribution in [2.45, 2.75) is 20.8 Å². The maximum Gasteiger partial charge on any atom is 0.336 e. The zero-order valence-electron chi connectivity index (χ0n) is 11.6. The number of rotatable bonds is 4. The van der Waals surface area contributed by atoms with Crippen LogP contribution in [-0.4, -0.2) is 17.7 Å². The molecule has 106 valence electrons. The van der Waals surface area contributed by atoms with Crippen molar-refractivity contribution < 1.29 is 19.1 Å². The second-order valence-electron chi connectivity index (χ2n) is 5.38. The van der Waals surface area contributed by atoms with E-state index in [1.807, 2.05) is 6.92 Å². The number of ether oxygens (including phenoxy) is 1. The standard InChI is InChI=1S/C15H16O5/c1-9-6-13(16)20-12-7-10(4-5-11(9)12)19-8-15(2,3)14(17)18/h4-7H,8H2,1-3H3,(H,17,18). The van der Waals surface area contributed by atoms with Crippen molar-refractivity contribution in [3.05, 3.63) is 40.2 Å². The number of carbonyl (C=O) groups is 1. The van der Waals surface area contributed by atoms with Gasteiger partial charge in [0.2, 0.25) is 0 Å². The molecule has 0 saturated heterocycles. The number of fused-ring (bicyclic) bond motifs is 1. The van der Waals surface area contributed by atoms with E-state index in [-0.39, 0.29) is 6.61 Å². The van der Waals surface area contributed by atoms with Crippen LogP contribution in [0.15, 0.2) is 33.5 Å². The summed E-state index contributed by atoms with van der Waals surface area (Å²) in [6.07, 6.45) is 0. The van der Waals surface area contributed by atoms with Gasteiger partial charge in [-0.05, 0) is 38.5 Å². The van der Waals surface area contributed by atoms with Crippen molar-refractivity contribution in [2.75, 3.05) is 6.61 Å². The molecule has 2 rings (SSSR count). The van der Waals surface area contributed by atoms with Crippen LogP contribution in [0.2, 0.25) is 0 Å². The maximum atomic E-state index is 11.3. The summed E-state index contributed by atoms with van der Waals surface area (Å²) < 4.78 is 10.6. The number of hydrogen-bond acceptors (Lipinski definition) is 4. The molecule has 1 aromatic heterocycles. The highest BCUT2D eigenvalue weighted by molar-refractivity contribution is 5.81. The van der Waals surface area contributed by atoms with Crippen LogP contribution in [0.25, 0.3) is 11.0 Å². The smallest absolute Gasteiger partial charge is 0.336 e. The second-order valence-corrected chi connectivity index (χ2v) is 5.38. The summed E-state index contributed by atoms with van der Waals surface area (Å²) in [5.74, 6) is -0.457. The average molecular weight is 276 g/mol. The quantitative estimate of drug-likeness (QED) is 0.868. The lowest BCUT2D eigenvalue weighted by Crippen LogP contribution is -2.30. The molecule has 2 aromatic rings. The predicted octanol–water partition coefficient (Wildman–Crippen LogP) is 2.59. The first kappa shape index (κ1) is 14.1. The molecular formula is C15H16O5. The summed E-state index contributed by atoms with van der Waals surface area (Å²) in [5.41, 5.74) is -0.144. The van der Waals surface area contributed by atoms with Gasteiger partial charge in [0.15, 0.2) is 0 Å². The summed E-state index contributed by atoms with van der Waals surface area (Å²) in [7, 11) is 0. The monoisotopic (exact) mass is 276 g/mol. The van der Waals surface area contributed by atoms with E-state index in [2.05, 4.69) is 0 Å². The third-order valence-corrected chi connectivity index (χ3v) is 3.10. The van der Waals surface area contributed by atoms with Crippen LogP contribution in [0.3, 0.4) is 0 Å². The first-order valence-corrected chi connectivity index (χ1v) is 6.20. The van der Waals surface area contributed by atoms with E-state index in [4.69, 9.17) is 14.3 Å². The lowest BCUT2D eigenvalue weighted by atomic mass is 9.95. The summed E-state index contributed by atoms with van der Waals surface area (Å²) >= 11 is 0. The van der Waals surface area contributed by atoms with Gasteiger partial charge in [-0.25, -0.2) is 4.79 Å². The Morgan fingerprint density at radius 1 is 1.35 bits per heavy atom. The molecule has 0 saturated carbocycles. The molecule has 0 aliphatic carbocycles. The Morgan fingerprint density at radius 3 is 2.70 bits per heavy atom. The molecule has 1 heterocycles. The number of aliphatic carboxylic acids is 1. The average Bonchev–Trinajstić information content (AvgIpc) is 2.35. The van der Waals surface area contributed by atoms with Crippen LogP contribution in [0, 0.1) is 12.3 Å². The van der Waals surface area contributed by atoms with E-state index in [1.54, 1.807) is 32.0 Å². The molecule has 0 radical (unpaired) electrons. The molecule has 0 fully saturated rings. The molecule has 0 atom stereocenters. The maximum absolute atomic E-state index is 11.3.